The van der Waals surface area contributed by atoms with Crippen LogP contribution < -0.4 is 0 Å². The molecular formula is C13H19N5. The number of aromatic nitrogens is 2. The predicted octanol–water partition coefficient (Wildman–Crippen LogP) is 2.22. The van der Waals surface area contributed by atoms with Gasteiger partial charge >= 0.3 is 0 Å². The molecule has 0 saturated heterocycles. The van der Waals surface area contributed by atoms with Crippen molar-refractivity contribution in [1.29, 1.82) is 5.26 Å². The Hall–Kier alpha value is -1.83. The molecule has 1 aromatic rings. The summed E-state index contributed by atoms with van der Waals surface area (Å²) in [6.07, 6.45) is 9.80. The van der Waals surface area contributed by atoms with E-state index in [0.29, 0.717) is 17.4 Å². The molecule has 96 valence electrons. The summed E-state index contributed by atoms with van der Waals surface area (Å²) in [6.45, 7) is 0. The number of aliphatic imine (C=N–C) groups is 1. The number of hydrogen-bond acceptors (Lipinski definition) is 3. The normalized spacial score (nSPS) is 16.9. The van der Waals surface area contributed by atoms with Crippen LogP contribution >= 0.6 is 0 Å². The van der Waals surface area contributed by atoms with Gasteiger partial charge in [0.25, 0.3) is 0 Å². The molecule has 1 aromatic heterocycles. The molecule has 2 rings (SSSR count). The maximum atomic E-state index is 8.95. The highest BCUT2D eigenvalue weighted by atomic mass is 15.3. The molecule has 0 aliphatic heterocycles. The zero-order valence-corrected chi connectivity index (χ0v) is 11.0. The molecule has 1 heterocycles. The third kappa shape index (κ3) is 2.70. The SMILES string of the molecule is CN(/C=N/c1c(C#N)cnn1C)C1CCCCC1. The van der Waals surface area contributed by atoms with Crippen molar-refractivity contribution < 1.29 is 0 Å². The van der Waals surface area contributed by atoms with E-state index in [0.717, 1.165) is 0 Å². The van der Waals surface area contributed by atoms with E-state index >= 15 is 0 Å². The summed E-state index contributed by atoms with van der Waals surface area (Å²) in [5.41, 5.74) is 0.519. The van der Waals surface area contributed by atoms with Gasteiger partial charge in [-0.1, -0.05) is 19.3 Å². The van der Waals surface area contributed by atoms with Crippen molar-refractivity contribution in [2.75, 3.05) is 7.05 Å². The fraction of sp³-hybridized carbons (Fsp3) is 0.615. The van der Waals surface area contributed by atoms with Crippen LogP contribution in [0.4, 0.5) is 5.82 Å². The van der Waals surface area contributed by atoms with E-state index in [9.17, 15) is 0 Å². The summed E-state index contributed by atoms with van der Waals surface area (Å²) in [5.74, 6) is 0.625. The van der Waals surface area contributed by atoms with E-state index in [1.54, 1.807) is 17.9 Å². The summed E-state index contributed by atoms with van der Waals surface area (Å²) in [4.78, 5) is 6.55. The van der Waals surface area contributed by atoms with E-state index < -0.39 is 0 Å². The molecule has 0 spiro atoms. The van der Waals surface area contributed by atoms with Gasteiger partial charge < -0.3 is 4.90 Å². The van der Waals surface area contributed by atoms with Crippen LogP contribution in [0.1, 0.15) is 37.7 Å². The average Bonchev–Trinajstić information content (AvgIpc) is 2.77. The summed E-state index contributed by atoms with van der Waals surface area (Å²) in [5, 5.41) is 13.0. The fourth-order valence-corrected chi connectivity index (χ4v) is 2.39. The summed E-state index contributed by atoms with van der Waals surface area (Å²) < 4.78 is 1.63. The third-order valence-corrected chi connectivity index (χ3v) is 3.54. The smallest absolute Gasteiger partial charge is 0.169 e. The van der Waals surface area contributed by atoms with Gasteiger partial charge in [-0.3, -0.25) is 0 Å². The quantitative estimate of drug-likeness (QED) is 0.606. The van der Waals surface area contributed by atoms with Crippen LogP contribution in [-0.4, -0.2) is 34.1 Å². The highest BCUT2D eigenvalue weighted by Gasteiger charge is 2.16. The fourth-order valence-electron chi connectivity index (χ4n) is 2.39. The van der Waals surface area contributed by atoms with Crippen LogP contribution in [-0.2, 0) is 7.05 Å². The molecule has 1 fully saturated rings. The van der Waals surface area contributed by atoms with E-state index in [1.807, 2.05) is 6.34 Å². The number of hydrogen-bond donors (Lipinski definition) is 0. The Morgan fingerprint density at radius 1 is 1.50 bits per heavy atom. The van der Waals surface area contributed by atoms with E-state index in [-0.39, 0.29) is 0 Å². The Morgan fingerprint density at radius 3 is 2.89 bits per heavy atom. The van der Waals surface area contributed by atoms with Gasteiger partial charge in [-0.05, 0) is 12.8 Å². The second-order valence-electron chi connectivity index (χ2n) is 4.82. The van der Waals surface area contributed by atoms with Crippen molar-refractivity contribution in [2.24, 2.45) is 12.0 Å². The Morgan fingerprint density at radius 2 is 2.22 bits per heavy atom. The van der Waals surface area contributed by atoms with Crippen molar-refractivity contribution >= 4 is 12.2 Å². The maximum Gasteiger partial charge on any atom is 0.169 e. The molecule has 5 nitrogen and oxygen atoms in total. The van der Waals surface area contributed by atoms with Crippen molar-refractivity contribution in [3.05, 3.63) is 11.8 Å². The van der Waals surface area contributed by atoms with Crippen LogP contribution in [0, 0.1) is 11.3 Å². The number of aryl methyl sites for hydroxylation is 1. The minimum absolute atomic E-state index is 0.519. The van der Waals surface area contributed by atoms with Gasteiger partial charge in [-0.25, -0.2) is 9.67 Å². The van der Waals surface area contributed by atoms with Crippen molar-refractivity contribution in [3.8, 4) is 6.07 Å². The van der Waals surface area contributed by atoms with Crippen LogP contribution in [0.5, 0.6) is 0 Å². The van der Waals surface area contributed by atoms with Gasteiger partial charge in [0.2, 0.25) is 0 Å². The zero-order valence-electron chi connectivity index (χ0n) is 11.0. The Balaban J connectivity index is 2.05. The first-order chi connectivity index (χ1) is 8.72. The average molecular weight is 245 g/mol. The molecule has 5 heteroatoms. The maximum absolute atomic E-state index is 8.95. The minimum Gasteiger partial charge on any atom is -0.363 e. The first kappa shape index (κ1) is 12.6. The molecular weight excluding hydrogens is 226 g/mol. The lowest BCUT2D eigenvalue weighted by atomic mass is 9.95. The number of nitriles is 1. The van der Waals surface area contributed by atoms with Crippen molar-refractivity contribution in [1.82, 2.24) is 14.7 Å². The second kappa shape index (κ2) is 5.67. The molecule has 0 amide bonds. The molecule has 1 aliphatic carbocycles. The molecule has 0 bridgehead atoms. The lowest BCUT2D eigenvalue weighted by molar-refractivity contribution is 0.284. The molecule has 0 N–H and O–H groups in total. The molecule has 0 radical (unpaired) electrons. The monoisotopic (exact) mass is 245 g/mol. The Kier molecular flexibility index (Phi) is 3.98. The number of nitrogens with zero attached hydrogens (tertiary/aromatic N) is 5. The predicted molar refractivity (Wildman–Crippen MR) is 70.7 cm³/mol. The summed E-state index contributed by atoms with van der Waals surface area (Å²) >= 11 is 0. The van der Waals surface area contributed by atoms with Gasteiger partial charge in [-0.2, -0.15) is 10.4 Å². The second-order valence-corrected chi connectivity index (χ2v) is 4.82. The molecule has 18 heavy (non-hydrogen) atoms. The Bertz CT molecular complexity index is 462. The number of rotatable bonds is 3. The molecule has 0 unspecified atom stereocenters. The summed E-state index contributed by atoms with van der Waals surface area (Å²) in [7, 11) is 3.86. The van der Waals surface area contributed by atoms with Crippen LogP contribution in [0.15, 0.2) is 11.2 Å². The Labute approximate surface area is 108 Å². The van der Waals surface area contributed by atoms with E-state index in [2.05, 4.69) is 28.1 Å². The van der Waals surface area contributed by atoms with Crippen molar-refractivity contribution in [2.45, 2.75) is 38.1 Å². The molecule has 1 saturated carbocycles. The first-order valence-electron chi connectivity index (χ1n) is 6.40. The van der Waals surface area contributed by atoms with Gasteiger partial charge in [-0.15, -0.1) is 0 Å². The van der Waals surface area contributed by atoms with Crippen LogP contribution in [0.2, 0.25) is 0 Å². The lowest BCUT2D eigenvalue weighted by Crippen LogP contribution is -2.32. The standard InChI is InChI=1S/C13H19N5/c1-17(12-6-4-3-5-7-12)10-15-13-11(8-14)9-16-18(13)2/h9-10,12H,3-7H2,1-2H3/b15-10+. The van der Waals surface area contributed by atoms with E-state index in [1.165, 1.54) is 32.1 Å². The molecule has 0 aromatic carbocycles. The third-order valence-electron chi connectivity index (χ3n) is 3.54. The van der Waals surface area contributed by atoms with Gasteiger partial charge in [0.1, 0.15) is 11.6 Å². The first-order valence-corrected chi connectivity index (χ1v) is 6.40. The molecule has 0 atom stereocenters. The highest BCUT2D eigenvalue weighted by Crippen LogP contribution is 2.21. The minimum atomic E-state index is 0.519. The molecule has 1 aliphatic rings. The largest absolute Gasteiger partial charge is 0.363 e. The van der Waals surface area contributed by atoms with Crippen LogP contribution in [0.25, 0.3) is 0 Å². The van der Waals surface area contributed by atoms with E-state index in [4.69, 9.17) is 5.26 Å². The highest BCUT2D eigenvalue weighted by molar-refractivity contribution is 5.62. The topological polar surface area (TPSA) is 57.2 Å². The van der Waals surface area contributed by atoms with Crippen LogP contribution in [0.3, 0.4) is 0 Å². The lowest BCUT2D eigenvalue weighted by Gasteiger charge is -2.29. The van der Waals surface area contributed by atoms with Crippen molar-refractivity contribution in [3.63, 3.8) is 0 Å². The van der Waals surface area contributed by atoms with Gasteiger partial charge in [0.15, 0.2) is 5.82 Å². The zero-order chi connectivity index (χ0) is 13.0. The van der Waals surface area contributed by atoms with Gasteiger partial charge in [0, 0.05) is 20.1 Å². The summed E-state index contributed by atoms with van der Waals surface area (Å²) in [6, 6.07) is 2.69. The van der Waals surface area contributed by atoms with Gasteiger partial charge in [0.05, 0.1) is 12.5 Å².